The SMILES string of the molecule is COc1ccc(N=C2SC(CC(=O)Nc3ccccc3F)C(=O)N2Cc2ccccn2)cc1. The van der Waals surface area contributed by atoms with Gasteiger partial charge in [0, 0.05) is 12.6 Å². The number of thioether (sulfide) groups is 1. The van der Waals surface area contributed by atoms with Gasteiger partial charge in [0.15, 0.2) is 5.17 Å². The van der Waals surface area contributed by atoms with E-state index in [9.17, 15) is 14.0 Å². The predicted octanol–water partition coefficient (Wildman–Crippen LogP) is 4.39. The zero-order chi connectivity index (χ0) is 23.2. The number of nitrogens with one attached hydrogen (secondary N) is 1. The molecule has 1 aromatic heterocycles. The molecule has 0 aliphatic carbocycles. The molecule has 1 saturated heterocycles. The number of hydrogen-bond acceptors (Lipinski definition) is 6. The lowest BCUT2D eigenvalue weighted by atomic mass is 10.2. The Morgan fingerprint density at radius 2 is 1.91 bits per heavy atom. The van der Waals surface area contributed by atoms with Gasteiger partial charge in [-0.1, -0.05) is 30.0 Å². The van der Waals surface area contributed by atoms with E-state index in [2.05, 4.69) is 15.3 Å². The average Bonchev–Trinajstić information content (AvgIpc) is 3.10. The number of aromatic nitrogens is 1. The second kappa shape index (κ2) is 10.3. The second-order valence-corrected chi connectivity index (χ2v) is 8.35. The minimum atomic E-state index is -0.683. The summed E-state index contributed by atoms with van der Waals surface area (Å²) in [5.74, 6) is -0.534. The number of rotatable bonds is 7. The fourth-order valence-corrected chi connectivity index (χ4v) is 4.38. The first-order valence-corrected chi connectivity index (χ1v) is 11.1. The van der Waals surface area contributed by atoms with Crippen molar-refractivity contribution in [3.8, 4) is 5.75 Å². The highest BCUT2D eigenvalue weighted by Gasteiger charge is 2.39. The van der Waals surface area contributed by atoms with E-state index in [4.69, 9.17) is 4.74 Å². The van der Waals surface area contributed by atoms with E-state index in [-0.39, 0.29) is 24.6 Å². The fourth-order valence-electron chi connectivity index (χ4n) is 3.22. The molecule has 1 fully saturated rings. The third kappa shape index (κ3) is 5.56. The minimum Gasteiger partial charge on any atom is -0.497 e. The molecule has 0 saturated carbocycles. The van der Waals surface area contributed by atoms with Crippen LogP contribution in [0.4, 0.5) is 15.8 Å². The Balaban J connectivity index is 1.54. The highest BCUT2D eigenvalue weighted by atomic mass is 32.2. The Hall–Kier alpha value is -3.72. The molecule has 7 nitrogen and oxygen atoms in total. The van der Waals surface area contributed by atoms with Crippen molar-refractivity contribution in [2.75, 3.05) is 12.4 Å². The van der Waals surface area contributed by atoms with Crippen LogP contribution in [0.3, 0.4) is 0 Å². The fraction of sp³-hybridized carbons (Fsp3) is 0.167. The summed E-state index contributed by atoms with van der Waals surface area (Å²) in [6.45, 7) is 0.229. The van der Waals surface area contributed by atoms with Crippen LogP contribution in [0.25, 0.3) is 0 Å². The van der Waals surface area contributed by atoms with Gasteiger partial charge in [-0.3, -0.25) is 19.5 Å². The number of amidine groups is 1. The maximum atomic E-state index is 13.9. The van der Waals surface area contributed by atoms with Gasteiger partial charge in [-0.05, 0) is 48.5 Å². The number of aliphatic imine (C=N–C) groups is 1. The number of methoxy groups -OCH3 is 1. The smallest absolute Gasteiger partial charge is 0.243 e. The van der Waals surface area contributed by atoms with Gasteiger partial charge >= 0.3 is 0 Å². The molecule has 1 atom stereocenters. The van der Waals surface area contributed by atoms with Gasteiger partial charge in [-0.25, -0.2) is 9.38 Å². The molecule has 0 spiro atoms. The number of anilines is 1. The summed E-state index contributed by atoms with van der Waals surface area (Å²) in [4.78, 5) is 36.2. The lowest BCUT2D eigenvalue weighted by Gasteiger charge is -2.16. The first kappa shape index (κ1) is 22.5. The van der Waals surface area contributed by atoms with E-state index in [1.807, 2.05) is 12.1 Å². The lowest BCUT2D eigenvalue weighted by molar-refractivity contribution is -0.128. The molecule has 0 bridgehead atoms. The van der Waals surface area contributed by atoms with Crippen molar-refractivity contribution in [3.63, 3.8) is 0 Å². The number of benzene rings is 2. The lowest BCUT2D eigenvalue weighted by Crippen LogP contribution is -2.33. The number of para-hydroxylation sites is 1. The van der Waals surface area contributed by atoms with Crippen molar-refractivity contribution >= 4 is 40.1 Å². The molecule has 4 rings (SSSR count). The molecule has 1 aliphatic heterocycles. The van der Waals surface area contributed by atoms with Crippen LogP contribution in [-0.2, 0) is 16.1 Å². The highest BCUT2D eigenvalue weighted by molar-refractivity contribution is 8.15. The molecule has 168 valence electrons. The Morgan fingerprint density at radius 1 is 1.15 bits per heavy atom. The zero-order valence-corrected chi connectivity index (χ0v) is 18.6. The number of hydrogen-bond donors (Lipinski definition) is 1. The maximum Gasteiger partial charge on any atom is 0.243 e. The van der Waals surface area contributed by atoms with Gasteiger partial charge < -0.3 is 10.1 Å². The predicted molar refractivity (Wildman–Crippen MR) is 126 cm³/mol. The summed E-state index contributed by atoms with van der Waals surface area (Å²) in [5.41, 5.74) is 1.43. The molecule has 2 heterocycles. The average molecular weight is 465 g/mol. The molecule has 2 aromatic carbocycles. The van der Waals surface area contributed by atoms with Gasteiger partial charge in [0.25, 0.3) is 0 Å². The van der Waals surface area contributed by atoms with Crippen LogP contribution in [0, 0.1) is 5.82 Å². The zero-order valence-electron chi connectivity index (χ0n) is 17.8. The van der Waals surface area contributed by atoms with Gasteiger partial charge in [-0.2, -0.15) is 0 Å². The van der Waals surface area contributed by atoms with Gasteiger partial charge in [0.2, 0.25) is 11.8 Å². The molecule has 33 heavy (non-hydrogen) atoms. The van der Waals surface area contributed by atoms with Crippen LogP contribution < -0.4 is 10.1 Å². The number of carbonyl (C=O) groups is 2. The van der Waals surface area contributed by atoms with E-state index in [1.54, 1.807) is 55.8 Å². The molecule has 0 radical (unpaired) electrons. The number of nitrogens with zero attached hydrogens (tertiary/aromatic N) is 3. The van der Waals surface area contributed by atoms with Crippen LogP contribution in [0.15, 0.2) is 77.9 Å². The minimum absolute atomic E-state index is 0.0791. The van der Waals surface area contributed by atoms with Crippen LogP contribution in [0.1, 0.15) is 12.1 Å². The van der Waals surface area contributed by atoms with Crippen molar-refractivity contribution in [1.29, 1.82) is 0 Å². The molecule has 3 aromatic rings. The monoisotopic (exact) mass is 464 g/mol. The van der Waals surface area contributed by atoms with Gasteiger partial charge in [0.05, 0.1) is 30.7 Å². The Kier molecular flexibility index (Phi) is 6.99. The van der Waals surface area contributed by atoms with Gasteiger partial charge in [-0.15, -0.1) is 0 Å². The third-order valence-electron chi connectivity index (χ3n) is 4.88. The van der Waals surface area contributed by atoms with Crippen molar-refractivity contribution < 1.29 is 18.7 Å². The quantitative estimate of drug-likeness (QED) is 0.561. The molecule has 1 N–H and O–H groups in total. The van der Waals surface area contributed by atoms with Crippen molar-refractivity contribution in [3.05, 3.63) is 84.4 Å². The van der Waals surface area contributed by atoms with Crippen LogP contribution in [0.5, 0.6) is 5.75 Å². The molecule has 2 amide bonds. The summed E-state index contributed by atoms with van der Waals surface area (Å²) in [6.07, 6.45) is 1.54. The summed E-state index contributed by atoms with van der Waals surface area (Å²) >= 11 is 1.21. The number of halogens is 1. The number of pyridine rings is 1. The maximum absolute atomic E-state index is 13.9. The Bertz CT molecular complexity index is 1170. The number of carbonyl (C=O) groups excluding carboxylic acids is 2. The molecular formula is C24H21FN4O3S. The Labute approximate surface area is 194 Å². The molecule has 9 heteroatoms. The number of amides is 2. The molecule has 1 aliphatic rings. The summed E-state index contributed by atoms with van der Waals surface area (Å²) in [6, 6.07) is 18.5. The van der Waals surface area contributed by atoms with Gasteiger partial charge in [0.1, 0.15) is 16.8 Å². The standard InChI is InChI=1S/C24H21FN4O3S/c1-32-18-11-9-16(10-12-18)27-24-29(15-17-6-4-5-13-26-17)23(31)21(33-24)14-22(30)28-20-8-3-2-7-19(20)25/h2-13,21H,14-15H2,1H3,(H,28,30). The highest BCUT2D eigenvalue weighted by Crippen LogP contribution is 2.33. The van der Waals surface area contributed by atoms with Crippen LogP contribution in [0.2, 0.25) is 0 Å². The van der Waals surface area contributed by atoms with E-state index >= 15 is 0 Å². The Morgan fingerprint density at radius 3 is 2.61 bits per heavy atom. The van der Waals surface area contributed by atoms with E-state index in [0.717, 1.165) is 0 Å². The molecular weight excluding hydrogens is 443 g/mol. The van der Waals surface area contributed by atoms with E-state index in [0.29, 0.717) is 22.3 Å². The van der Waals surface area contributed by atoms with Crippen LogP contribution >= 0.6 is 11.8 Å². The number of ether oxygens (including phenoxy) is 1. The third-order valence-corrected chi connectivity index (χ3v) is 6.06. The summed E-state index contributed by atoms with van der Waals surface area (Å²) < 4.78 is 19.0. The normalized spacial score (nSPS) is 16.8. The van der Waals surface area contributed by atoms with E-state index in [1.165, 1.54) is 28.8 Å². The van der Waals surface area contributed by atoms with Crippen molar-refractivity contribution in [2.45, 2.75) is 18.2 Å². The van der Waals surface area contributed by atoms with Crippen LogP contribution in [-0.4, -0.2) is 39.2 Å². The second-order valence-electron chi connectivity index (χ2n) is 7.18. The largest absolute Gasteiger partial charge is 0.497 e. The van der Waals surface area contributed by atoms with E-state index < -0.39 is 17.0 Å². The topological polar surface area (TPSA) is 83.9 Å². The van der Waals surface area contributed by atoms with Crippen molar-refractivity contribution in [1.82, 2.24) is 9.88 Å². The van der Waals surface area contributed by atoms with Crippen molar-refractivity contribution in [2.24, 2.45) is 4.99 Å². The summed E-state index contributed by atoms with van der Waals surface area (Å²) in [7, 11) is 1.58. The summed E-state index contributed by atoms with van der Waals surface area (Å²) in [5, 5.41) is 2.32. The molecule has 1 unspecified atom stereocenters. The first-order valence-electron chi connectivity index (χ1n) is 10.2. The first-order chi connectivity index (χ1) is 16.0.